The van der Waals surface area contributed by atoms with Crippen molar-refractivity contribution < 1.29 is 9.59 Å². The molecule has 0 atom stereocenters. The Kier molecular flexibility index (Phi) is 8.70. The van der Waals surface area contributed by atoms with E-state index in [0.717, 1.165) is 42.5 Å². The van der Waals surface area contributed by atoms with Crippen molar-refractivity contribution in [2.24, 2.45) is 0 Å². The van der Waals surface area contributed by atoms with Gasteiger partial charge >= 0.3 is 0 Å². The molecule has 1 aliphatic rings. The minimum Gasteiger partial charge on any atom is -0.369 e. The molecule has 9 nitrogen and oxygen atoms in total. The van der Waals surface area contributed by atoms with Crippen molar-refractivity contribution in [3.05, 3.63) is 65.7 Å². The van der Waals surface area contributed by atoms with Crippen LogP contribution in [0.15, 0.2) is 60.7 Å². The first kappa shape index (κ1) is 25.4. The molecular weight excluding hydrogens is 478 g/mol. The summed E-state index contributed by atoms with van der Waals surface area (Å²) in [5.41, 5.74) is 1.94. The summed E-state index contributed by atoms with van der Waals surface area (Å²) in [6, 6.07) is 19.1. The SMILES string of the molecule is CC(=O)NCCNc1cc(NC(=O)CN2CCN(c3cccc(Cl)c3)CC2)nc(-c2ccccc2)n1. The Morgan fingerprint density at radius 1 is 0.917 bits per heavy atom. The van der Waals surface area contributed by atoms with Gasteiger partial charge in [-0.3, -0.25) is 14.5 Å². The monoisotopic (exact) mass is 507 g/mol. The molecule has 0 bridgehead atoms. The van der Waals surface area contributed by atoms with Gasteiger partial charge in [-0.1, -0.05) is 48.0 Å². The van der Waals surface area contributed by atoms with Crippen molar-refractivity contribution >= 4 is 40.7 Å². The number of aromatic nitrogens is 2. The van der Waals surface area contributed by atoms with Crippen LogP contribution in [0.25, 0.3) is 11.4 Å². The van der Waals surface area contributed by atoms with E-state index >= 15 is 0 Å². The second-order valence-electron chi connectivity index (χ2n) is 8.53. The van der Waals surface area contributed by atoms with Crippen molar-refractivity contribution in [2.75, 3.05) is 61.3 Å². The molecule has 10 heteroatoms. The van der Waals surface area contributed by atoms with E-state index in [1.165, 1.54) is 6.92 Å². The van der Waals surface area contributed by atoms with E-state index in [2.05, 4.69) is 41.8 Å². The fourth-order valence-corrected chi connectivity index (χ4v) is 4.15. The van der Waals surface area contributed by atoms with Crippen LogP contribution in [0.2, 0.25) is 5.02 Å². The molecule has 0 unspecified atom stereocenters. The molecule has 2 aromatic carbocycles. The van der Waals surface area contributed by atoms with Crippen molar-refractivity contribution in [3.8, 4) is 11.4 Å². The number of halogens is 1. The van der Waals surface area contributed by atoms with E-state index in [0.29, 0.717) is 30.5 Å². The molecule has 0 saturated carbocycles. The normalized spacial score (nSPS) is 13.8. The van der Waals surface area contributed by atoms with Crippen LogP contribution in [0, 0.1) is 0 Å². The van der Waals surface area contributed by atoms with Crippen LogP contribution in [0.4, 0.5) is 17.3 Å². The molecule has 1 saturated heterocycles. The molecule has 36 heavy (non-hydrogen) atoms. The Balaban J connectivity index is 1.37. The Morgan fingerprint density at radius 2 is 1.67 bits per heavy atom. The van der Waals surface area contributed by atoms with Gasteiger partial charge in [0, 0.05) is 68.5 Å². The fraction of sp³-hybridized carbons (Fsp3) is 0.308. The maximum absolute atomic E-state index is 12.9. The van der Waals surface area contributed by atoms with Crippen molar-refractivity contribution in [1.29, 1.82) is 0 Å². The molecule has 1 aromatic heterocycles. The van der Waals surface area contributed by atoms with Crippen molar-refractivity contribution in [2.45, 2.75) is 6.92 Å². The van der Waals surface area contributed by atoms with E-state index in [1.54, 1.807) is 6.07 Å². The standard InChI is InChI=1S/C26H30ClN7O2/c1-19(35)28-10-11-29-23-17-24(32-26(31-23)20-6-3-2-4-7-20)30-25(36)18-33-12-14-34(15-13-33)22-9-5-8-21(27)16-22/h2-9,16-17H,10-15,18H2,1H3,(H,28,35)(H2,29,30,31,32,36). The number of rotatable bonds is 9. The van der Waals surface area contributed by atoms with E-state index in [9.17, 15) is 9.59 Å². The zero-order chi connectivity index (χ0) is 25.3. The quantitative estimate of drug-likeness (QED) is 0.382. The Hall–Kier alpha value is -3.69. The molecule has 3 N–H and O–H groups in total. The molecule has 188 valence electrons. The first-order chi connectivity index (χ1) is 17.5. The Bertz CT molecular complexity index is 1180. The molecule has 0 spiro atoms. The number of hydrogen-bond donors (Lipinski definition) is 3. The van der Waals surface area contributed by atoms with Crippen LogP contribution >= 0.6 is 11.6 Å². The third-order valence-electron chi connectivity index (χ3n) is 5.74. The zero-order valence-corrected chi connectivity index (χ0v) is 21.0. The number of anilines is 3. The minimum absolute atomic E-state index is 0.0918. The highest BCUT2D eigenvalue weighted by Gasteiger charge is 2.20. The maximum Gasteiger partial charge on any atom is 0.239 e. The number of piperazine rings is 1. The lowest BCUT2D eigenvalue weighted by Crippen LogP contribution is -2.48. The summed E-state index contributed by atoms with van der Waals surface area (Å²) < 4.78 is 0. The van der Waals surface area contributed by atoms with E-state index in [-0.39, 0.29) is 18.4 Å². The number of amides is 2. The summed E-state index contributed by atoms with van der Waals surface area (Å²) in [4.78, 5) is 37.5. The molecule has 1 aliphatic heterocycles. The molecule has 1 fully saturated rings. The number of nitrogens with zero attached hydrogens (tertiary/aromatic N) is 4. The van der Waals surface area contributed by atoms with E-state index < -0.39 is 0 Å². The van der Waals surface area contributed by atoms with Gasteiger partial charge in [-0.2, -0.15) is 0 Å². The number of hydrogen-bond acceptors (Lipinski definition) is 7. The van der Waals surface area contributed by atoms with E-state index in [1.807, 2.05) is 48.5 Å². The largest absolute Gasteiger partial charge is 0.369 e. The molecule has 0 radical (unpaired) electrons. The van der Waals surface area contributed by atoms with Gasteiger partial charge < -0.3 is 20.9 Å². The van der Waals surface area contributed by atoms with Crippen LogP contribution in [0.3, 0.4) is 0 Å². The van der Waals surface area contributed by atoms with Crippen LogP contribution in [-0.2, 0) is 9.59 Å². The zero-order valence-electron chi connectivity index (χ0n) is 20.2. The molecule has 0 aliphatic carbocycles. The highest BCUT2D eigenvalue weighted by molar-refractivity contribution is 6.30. The molecule has 3 aromatic rings. The lowest BCUT2D eigenvalue weighted by molar-refractivity contribution is -0.119. The summed E-state index contributed by atoms with van der Waals surface area (Å²) >= 11 is 6.13. The number of carbonyl (C=O) groups excluding carboxylic acids is 2. The lowest BCUT2D eigenvalue weighted by atomic mass is 10.2. The first-order valence-corrected chi connectivity index (χ1v) is 12.3. The Morgan fingerprint density at radius 3 is 2.39 bits per heavy atom. The topological polar surface area (TPSA) is 102 Å². The summed E-state index contributed by atoms with van der Waals surface area (Å²) in [7, 11) is 0. The van der Waals surface area contributed by atoms with Crippen LogP contribution in [0.5, 0.6) is 0 Å². The van der Waals surface area contributed by atoms with Gasteiger partial charge in [0.25, 0.3) is 0 Å². The van der Waals surface area contributed by atoms with Crippen LogP contribution in [-0.4, -0.2) is 72.5 Å². The van der Waals surface area contributed by atoms with Gasteiger partial charge in [-0.05, 0) is 18.2 Å². The van der Waals surface area contributed by atoms with Crippen molar-refractivity contribution in [1.82, 2.24) is 20.2 Å². The highest BCUT2D eigenvalue weighted by Crippen LogP contribution is 2.22. The second-order valence-corrected chi connectivity index (χ2v) is 8.97. The maximum atomic E-state index is 12.9. The summed E-state index contributed by atoms with van der Waals surface area (Å²) in [5.74, 6) is 1.28. The highest BCUT2D eigenvalue weighted by atomic mass is 35.5. The van der Waals surface area contributed by atoms with Gasteiger partial charge in [-0.15, -0.1) is 0 Å². The predicted molar refractivity (Wildman–Crippen MR) is 143 cm³/mol. The third-order valence-corrected chi connectivity index (χ3v) is 5.98. The molecular formula is C26H30ClN7O2. The lowest BCUT2D eigenvalue weighted by Gasteiger charge is -2.35. The first-order valence-electron chi connectivity index (χ1n) is 11.9. The third kappa shape index (κ3) is 7.40. The van der Waals surface area contributed by atoms with Gasteiger partial charge in [0.1, 0.15) is 11.6 Å². The number of nitrogens with one attached hydrogen (secondary N) is 3. The van der Waals surface area contributed by atoms with Gasteiger partial charge in [0.15, 0.2) is 5.82 Å². The van der Waals surface area contributed by atoms with Gasteiger partial charge in [0.2, 0.25) is 11.8 Å². The smallest absolute Gasteiger partial charge is 0.239 e. The minimum atomic E-state index is -0.131. The molecule has 4 rings (SSSR count). The van der Waals surface area contributed by atoms with Gasteiger partial charge in [0.05, 0.1) is 6.54 Å². The average molecular weight is 508 g/mol. The number of carbonyl (C=O) groups is 2. The van der Waals surface area contributed by atoms with Crippen LogP contribution < -0.4 is 20.9 Å². The molecule has 2 amide bonds. The van der Waals surface area contributed by atoms with E-state index in [4.69, 9.17) is 11.6 Å². The molecule has 2 heterocycles. The average Bonchev–Trinajstić information content (AvgIpc) is 2.87. The van der Waals surface area contributed by atoms with Crippen LogP contribution in [0.1, 0.15) is 6.92 Å². The summed E-state index contributed by atoms with van der Waals surface area (Å²) in [6.45, 7) is 5.90. The summed E-state index contributed by atoms with van der Waals surface area (Å²) in [6.07, 6.45) is 0. The fourth-order valence-electron chi connectivity index (χ4n) is 3.97. The van der Waals surface area contributed by atoms with Crippen molar-refractivity contribution in [3.63, 3.8) is 0 Å². The second kappa shape index (κ2) is 12.3. The summed E-state index contributed by atoms with van der Waals surface area (Å²) in [5, 5.41) is 9.57. The Labute approximate surface area is 215 Å². The number of benzene rings is 2. The predicted octanol–water partition coefficient (Wildman–Crippen LogP) is 3.11. The van der Waals surface area contributed by atoms with Gasteiger partial charge in [-0.25, -0.2) is 9.97 Å².